The molecule has 0 bridgehead atoms. The zero-order valence-electron chi connectivity index (χ0n) is 18.0. The zero-order chi connectivity index (χ0) is 27.4. The van der Waals surface area contributed by atoms with E-state index in [1.165, 1.54) is 0 Å². The van der Waals surface area contributed by atoms with E-state index in [0.29, 0.717) is 0 Å². The SMILES string of the molecule is NC(CCC(=O)O)P(=O)(O)CCCC(F)(F)F.NC(CCC(=O)O)P(=O)(O)CCCC(F)(F)F. The van der Waals surface area contributed by atoms with Crippen LogP contribution in [0.5, 0.6) is 0 Å². The molecule has 0 spiro atoms. The number of carboxylic acid groups (broad SMARTS) is 2. The molecule has 0 heterocycles. The number of rotatable bonds is 14. The van der Waals surface area contributed by atoms with Crippen molar-refractivity contribution in [3.05, 3.63) is 0 Å². The average Bonchev–Trinajstić information content (AvgIpc) is 2.61. The highest BCUT2D eigenvalue weighted by molar-refractivity contribution is 7.59. The molecule has 204 valence electrons. The van der Waals surface area contributed by atoms with Gasteiger partial charge in [-0.15, -0.1) is 0 Å². The van der Waals surface area contributed by atoms with Crippen LogP contribution >= 0.6 is 14.7 Å². The van der Waals surface area contributed by atoms with Crippen LogP contribution in [-0.4, -0.2) is 68.2 Å². The highest BCUT2D eigenvalue weighted by atomic mass is 31.2. The molecule has 0 aliphatic carbocycles. The molecular weight excluding hydrogens is 524 g/mol. The standard InChI is InChI=1S/2C8H15F3NO4P/c2*9-8(10,11)4-1-5-17(15,16)6(12)2-3-7(13)14/h2*6H,1-5,12H2,(H,13,14)(H,15,16). The summed E-state index contributed by atoms with van der Waals surface area (Å²) in [5.41, 5.74) is 10.6. The molecule has 34 heavy (non-hydrogen) atoms. The Morgan fingerprint density at radius 2 is 0.971 bits per heavy atom. The van der Waals surface area contributed by atoms with Crippen molar-refractivity contribution in [1.29, 1.82) is 0 Å². The van der Waals surface area contributed by atoms with Gasteiger partial charge in [-0.05, 0) is 25.7 Å². The van der Waals surface area contributed by atoms with Gasteiger partial charge in [0.05, 0.1) is 11.6 Å². The van der Waals surface area contributed by atoms with Crippen LogP contribution in [0.4, 0.5) is 26.3 Å². The number of hydrogen-bond donors (Lipinski definition) is 6. The first-order chi connectivity index (χ1) is 15.1. The summed E-state index contributed by atoms with van der Waals surface area (Å²) in [4.78, 5) is 39.1. The van der Waals surface area contributed by atoms with E-state index < -0.39 is 88.6 Å². The van der Waals surface area contributed by atoms with Gasteiger partial charge in [-0.2, -0.15) is 26.3 Å². The number of hydrogen-bond acceptors (Lipinski definition) is 6. The van der Waals surface area contributed by atoms with E-state index in [2.05, 4.69) is 0 Å². The Bertz CT molecular complexity index is 675. The summed E-state index contributed by atoms with van der Waals surface area (Å²) in [6.45, 7) is 0. The van der Waals surface area contributed by atoms with Crippen LogP contribution in [0.3, 0.4) is 0 Å². The molecule has 0 saturated carbocycles. The van der Waals surface area contributed by atoms with Gasteiger partial charge >= 0.3 is 24.3 Å². The van der Waals surface area contributed by atoms with E-state index in [1.807, 2.05) is 0 Å². The number of carbonyl (C=O) groups is 2. The molecule has 0 amide bonds. The maximum Gasteiger partial charge on any atom is 0.389 e. The molecule has 0 rings (SSSR count). The third-order valence-electron chi connectivity index (χ3n) is 4.22. The second kappa shape index (κ2) is 15.0. The Kier molecular flexibility index (Phi) is 15.5. The first-order valence-corrected chi connectivity index (χ1v) is 13.6. The van der Waals surface area contributed by atoms with Crippen molar-refractivity contribution in [1.82, 2.24) is 0 Å². The highest BCUT2D eigenvalue weighted by Crippen LogP contribution is 2.47. The maximum atomic E-state index is 11.8. The van der Waals surface area contributed by atoms with Gasteiger partial charge < -0.3 is 31.5 Å². The molecular formula is C16H30F6N2O8P2. The second-order valence-corrected chi connectivity index (χ2v) is 12.6. The van der Waals surface area contributed by atoms with E-state index in [1.54, 1.807) is 0 Å². The molecule has 4 atom stereocenters. The Balaban J connectivity index is 0. The van der Waals surface area contributed by atoms with Gasteiger partial charge in [0.1, 0.15) is 0 Å². The summed E-state index contributed by atoms with van der Waals surface area (Å²) in [5.74, 6) is -4.91. The smallest absolute Gasteiger partial charge is 0.389 e. The van der Waals surface area contributed by atoms with Gasteiger partial charge in [0.25, 0.3) is 0 Å². The van der Waals surface area contributed by atoms with E-state index >= 15 is 0 Å². The molecule has 0 fully saturated rings. The summed E-state index contributed by atoms with van der Waals surface area (Å²) < 4.78 is 93.8. The Hall–Kier alpha value is -1.18. The van der Waals surface area contributed by atoms with Gasteiger partial charge in [-0.25, -0.2) is 0 Å². The number of alkyl halides is 6. The van der Waals surface area contributed by atoms with Crippen molar-refractivity contribution in [3.63, 3.8) is 0 Å². The summed E-state index contributed by atoms with van der Waals surface area (Å²) in [6.07, 6.45) is -14.3. The third kappa shape index (κ3) is 20.2. The lowest BCUT2D eigenvalue weighted by atomic mass is 10.3. The minimum Gasteiger partial charge on any atom is -0.481 e. The fourth-order valence-corrected chi connectivity index (χ4v) is 5.24. The highest BCUT2D eigenvalue weighted by Gasteiger charge is 2.33. The average molecular weight is 554 g/mol. The molecule has 0 aromatic heterocycles. The van der Waals surface area contributed by atoms with Crippen LogP contribution in [0.25, 0.3) is 0 Å². The molecule has 0 radical (unpaired) electrons. The van der Waals surface area contributed by atoms with Crippen LogP contribution in [0.1, 0.15) is 51.4 Å². The van der Waals surface area contributed by atoms with Crippen molar-refractivity contribution in [3.8, 4) is 0 Å². The van der Waals surface area contributed by atoms with Gasteiger partial charge in [0.2, 0.25) is 14.7 Å². The molecule has 4 unspecified atom stereocenters. The monoisotopic (exact) mass is 554 g/mol. The predicted octanol–water partition coefficient (Wildman–Crippen LogP) is 3.50. The van der Waals surface area contributed by atoms with E-state index in [4.69, 9.17) is 21.7 Å². The van der Waals surface area contributed by atoms with Crippen LogP contribution in [0, 0.1) is 0 Å². The molecule has 0 aromatic carbocycles. The number of carboxylic acids is 2. The lowest BCUT2D eigenvalue weighted by Gasteiger charge is -2.18. The Morgan fingerprint density at radius 3 is 1.18 bits per heavy atom. The normalized spacial score (nSPS) is 17.5. The molecule has 10 nitrogen and oxygen atoms in total. The first kappa shape index (κ1) is 35.0. The summed E-state index contributed by atoms with van der Waals surface area (Å²) in [5, 5.41) is 16.7. The predicted molar refractivity (Wildman–Crippen MR) is 110 cm³/mol. The number of aliphatic carboxylic acids is 2. The molecule has 0 aliphatic rings. The van der Waals surface area contributed by atoms with Gasteiger partial charge in [0.15, 0.2) is 0 Å². The molecule has 18 heteroatoms. The number of halogens is 6. The van der Waals surface area contributed by atoms with Crippen LogP contribution in [-0.2, 0) is 18.7 Å². The van der Waals surface area contributed by atoms with Crippen LogP contribution in [0.15, 0.2) is 0 Å². The van der Waals surface area contributed by atoms with Crippen LogP contribution in [0.2, 0.25) is 0 Å². The third-order valence-corrected chi connectivity index (χ3v) is 8.73. The van der Waals surface area contributed by atoms with E-state index in [9.17, 15) is 54.8 Å². The lowest BCUT2D eigenvalue weighted by Crippen LogP contribution is -2.23. The van der Waals surface area contributed by atoms with E-state index in [0.717, 1.165) is 0 Å². The second-order valence-electron chi connectivity index (χ2n) is 7.40. The van der Waals surface area contributed by atoms with Crippen molar-refractivity contribution in [2.75, 3.05) is 12.3 Å². The summed E-state index contributed by atoms with van der Waals surface area (Å²) in [7, 11) is -7.82. The molecule has 0 aliphatic heterocycles. The minimum atomic E-state index is -4.37. The minimum absolute atomic E-state index is 0.227. The van der Waals surface area contributed by atoms with Gasteiger partial charge in [-0.1, -0.05) is 0 Å². The largest absolute Gasteiger partial charge is 0.481 e. The zero-order valence-corrected chi connectivity index (χ0v) is 19.8. The summed E-state index contributed by atoms with van der Waals surface area (Å²) >= 11 is 0. The van der Waals surface area contributed by atoms with Crippen molar-refractivity contribution in [2.45, 2.75) is 75.3 Å². The maximum absolute atomic E-state index is 11.8. The lowest BCUT2D eigenvalue weighted by molar-refractivity contribution is -0.138. The molecule has 0 aromatic rings. The molecule has 0 saturated heterocycles. The number of nitrogens with two attached hydrogens (primary N) is 2. The Labute approximate surface area is 191 Å². The quantitative estimate of drug-likeness (QED) is 0.136. The van der Waals surface area contributed by atoms with Crippen molar-refractivity contribution >= 4 is 26.7 Å². The fraction of sp³-hybridized carbons (Fsp3) is 0.875. The van der Waals surface area contributed by atoms with Gasteiger partial charge in [-0.3, -0.25) is 18.7 Å². The van der Waals surface area contributed by atoms with Crippen LogP contribution < -0.4 is 11.5 Å². The Morgan fingerprint density at radius 1 is 0.706 bits per heavy atom. The van der Waals surface area contributed by atoms with E-state index in [-0.39, 0.29) is 25.7 Å². The van der Waals surface area contributed by atoms with Crippen molar-refractivity contribution in [2.24, 2.45) is 11.5 Å². The van der Waals surface area contributed by atoms with Gasteiger partial charge in [0, 0.05) is 38.0 Å². The summed E-state index contributed by atoms with van der Waals surface area (Å²) in [6, 6.07) is 0. The topological polar surface area (TPSA) is 201 Å². The van der Waals surface area contributed by atoms with Crippen molar-refractivity contribution < 1.29 is 65.1 Å². The fourth-order valence-electron chi connectivity index (χ4n) is 2.29. The molecule has 8 N–H and O–H groups in total. The first-order valence-electron chi connectivity index (χ1n) is 9.80.